The van der Waals surface area contributed by atoms with Crippen LogP contribution in [0.15, 0.2) is 0 Å². The van der Waals surface area contributed by atoms with Crippen LogP contribution in [0, 0.1) is 0 Å². The monoisotopic (exact) mass is 235 g/mol. The molecule has 0 fully saturated rings. The number of alkyl halides is 4. The van der Waals surface area contributed by atoms with Crippen molar-refractivity contribution in [3.8, 4) is 0 Å². The van der Waals surface area contributed by atoms with E-state index in [1.54, 1.807) is 6.92 Å². The molecule has 0 nitrogen and oxygen atoms in total. The van der Waals surface area contributed by atoms with E-state index in [0.717, 1.165) is 6.92 Å². The molecule has 0 radical (unpaired) electrons. The van der Waals surface area contributed by atoms with Gasteiger partial charge in [-0.2, -0.15) is 0 Å². The van der Waals surface area contributed by atoms with E-state index in [9.17, 15) is 8.78 Å². The quantitative estimate of drug-likeness (QED) is 0.414. The van der Waals surface area contributed by atoms with E-state index < -0.39 is 5.92 Å². The second-order valence-electron chi connectivity index (χ2n) is 1.79. The second kappa shape index (κ2) is 2.94. The van der Waals surface area contributed by atoms with Crippen LogP contribution in [0.25, 0.3) is 0 Å². The third-order valence-electron chi connectivity index (χ3n) is 1.03. The molecule has 0 bridgehead atoms. The Morgan fingerprint density at radius 2 is 1.88 bits per heavy atom. The Hall–Kier alpha value is 0.590. The fourth-order valence-corrected chi connectivity index (χ4v) is 1.29. The zero-order valence-electron chi connectivity index (χ0n) is 5.21. The Kier molecular flexibility index (Phi) is 3.16. The summed E-state index contributed by atoms with van der Waals surface area (Å²) in [6.07, 6.45) is 0. The van der Waals surface area contributed by atoms with E-state index in [-0.39, 0.29) is 25.1 Å². The molecule has 0 spiro atoms. The van der Waals surface area contributed by atoms with Crippen LogP contribution in [0.3, 0.4) is 0 Å². The first-order valence-corrected chi connectivity index (χ1v) is 5.74. The van der Waals surface area contributed by atoms with Crippen LogP contribution in [-0.2, 0) is 0 Å². The normalized spacial score (nSPS) is 16.6. The third kappa shape index (κ3) is 2.79. The van der Waals surface area contributed by atoms with Gasteiger partial charge < -0.3 is 0 Å². The van der Waals surface area contributed by atoms with Crippen LogP contribution < -0.4 is 21.2 Å². The molecule has 1 atom stereocenters. The standard InChI is InChI=1S/C5H10F2I/c1-4(8-3)5(2,6)7/h4H,1-3H3/q-1/t4-/m0/s1. The Morgan fingerprint density at radius 3 is 1.88 bits per heavy atom. The van der Waals surface area contributed by atoms with Gasteiger partial charge >= 0.3 is 58.6 Å². The Labute approximate surface area is 58.9 Å². The van der Waals surface area contributed by atoms with E-state index >= 15 is 0 Å². The van der Waals surface area contributed by atoms with E-state index in [1.165, 1.54) is 0 Å². The molecule has 0 aliphatic heterocycles. The van der Waals surface area contributed by atoms with Gasteiger partial charge in [0.1, 0.15) is 0 Å². The molecule has 0 aliphatic carbocycles. The minimum absolute atomic E-state index is 0.295. The first kappa shape index (κ1) is 8.59. The third-order valence-corrected chi connectivity index (χ3v) is 3.99. The van der Waals surface area contributed by atoms with Crippen molar-refractivity contribution >= 4 is 0 Å². The average Bonchev–Trinajstić information content (AvgIpc) is 1.62. The van der Waals surface area contributed by atoms with Crippen LogP contribution in [0.1, 0.15) is 13.8 Å². The van der Waals surface area contributed by atoms with E-state index in [1.807, 2.05) is 4.93 Å². The molecule has 0 aromatic heterocycles. The maximum atomic E-state index is 12.1. The minimum atomic E-state index is -2.44. The Balaban J connectivity index is 3.62. The molecule has 0 saturated heterocycles. The van der Waals surface area contributed by atoms with Gasteiger partial charge in [0.05, 0.1) is 0 Å². The van der Waals surface area contributed by atoms with Crippen LogP contribution in [0.2, 0.25) is 0 Å². The second-order valence-corrected chi connectivity index (χ2v) is 4.90. The maximum absolute atomic E-state index is 12.1. The molecule has 52 valence electrons. The number of hydrogen-bond acceptors (Lipinski definition) is 0. The molecule has 0 rings (SSSR count). The summed E-state index contributed by atoms with van der Waals surface area (Å²) in [4.78, 5) is 1.88. The summed E-state index contributed by atoms with van der Waals surface area (Å²) < 4.78 is 23.9. The molecule has 0 aliphatic rings. The van der Waals surface area contributed by atoms with Gasteiger partial charge in [0.15, 0.2) is 0 Å². The summed E-state index contributed by atoms with van der Waals surface area (Å²) in [7, 11) is 0. The topological polar surface area (TPSA) is 0 Å². The average molecular weight is 235 g/mol. The first-order chi connectivity index (χ1) is 3.48. The zero-order valence-corrected chi connectivity index (χ0v) is 7.37. The van der Waals surface area contributed by atoms with Crippen molar-refractivity contribution in [2.75, 3.05) is 4.93 Å². The fraction of sp³-hybridized carbons (Fsp3) is 1.00. The molecule has 0 amide bonds. The number of rotatable bonds is 2. The van der Waals surface area contributed by atoms with Gasteiger partial charge in [-0.25, -0.2) is 0 Å². The molecule has 0 N–H and O–H groups in total. The molecule has 0 aromatic carbocycles. The molecular weight excluding hydrogens is 225 g/mol. The molecule has 0 aromatic rings. The molecule has 8 heavy (non-hydrogen) atoms. The summed E-state index contributed by atoms with van der Waals surface area (Å²) in [5, 5.41) is 0. The van der Waals surface area contributed by atoms with Gasteiger partial charge in [0, 0.05) is 0 Å². The molecule has 0 heterocycles. The summed E-state index contributed by atoms with van der Waals surface area (Å²) >= 11 is -0.295. The van der Waals surface area contributed by atoms with Gasteiger partial charge in [-0.3, -0.25) is 0 Å². The predicted octanol–water partition coefficient (Wildman–Crippen LogP) is -1.25. The van der Waals surface area contributed by atoms with Gasteiger partial charge in [-0.1, -0.05) is 0 Å². The summed E-state index contributed by atoms with van der Waals surface area (Å²) in [6.45, 7) is 2.59. The van der Waals surface area contributed by atoms with E-state index in [4.69, 9.17) is 0 Å². The van der Waals surface area contributed by atoms with Crippen LogP contribution in [0.4, 0.5) is 8.78 Å². The zero-order chi connectivity index (χ0) is 6.78. The van der Waals surface area contributed by atoms with Crippen molar-refractivity contribution < 1.29 is 30.0 Å². The van der Waals surface area contributed by atoms with Crippen LogP contribution in [0.5, 0.6) is 0 Å². The van der Waals surface area contributed by atoms with Gasteiger partial charge in [-0.15, -0.1) is 0 Å². The summed E-state index contributed by atoms with van der Waals surface area (Å²) in [6, 6.07) is 0. The van der Waals surface area contributed by atoms with Crippen molar-refractivity contribution in [2.24, 2.45) is 0 Å². The molecule has 0 saturated carbocycles. The number of hydrogen-bond donors (Lipinski definition) is 0. The molecular formula is C5H10F2I-. The van der Waals surface area contributed by atoms with Gasteiger partial charge in [-0.05, 0) is 0 Å². The Bertz CT molecular complexity index is 67.3. The Morgan fingerprint density at radius 1 is 1.50 bits per heavy atom. The van der Waals surface area contributed by atoms with Crippen molar-refractivity contribution in [2.45, 2.75) is 23.7 Å². The summed E-state index contributed by atoms with van der Waals surface area (Å²) in [5.41, 5.74) is 0. The van der Waals surface area contributed by atoms with Crippen molar-refractivity contribution in [3.63, 3.8) is 0 Å². The van der Waals surface area contributed by atoms with E-state index in [2.05, 4.69) is 0 Å². The fourth-order valence-electron chi connectivity index (χ4n) is 0.192. The van der Waals surface area contributed by atoms with Crippen molar-refractivity contribution in [3.05, 3.63) is 0 Å². The van der Waals surface area contributed by atoms with E-state index in [0.29, 0.717) is 0 Å². The molecule has 3 heteroatoms. The van der Waals surface area contributed by atoms with Crippen molar-refractivity contribution in [1.82, 2.24) is 0 Å². The summed E-state index contributed by atoms with van der Waals surface area (Å²) in [5.74, 6) is -2.44. The van der Waals surface area contributed by atoms with Gasteiger partial charge in [0.25, 0.3) is 0 Å². The first-order valence-electron chi connectivity index (χ1n) is 2.34. The van der Waals surface area contributed by atoms with Crippen molar-refractivity contribution in [1.29, 1.82) is 0 Å². The number of halogens is 3. The molecule has 0 unspecified atom stereocenters. The van der Waals surface area contributed by atoms with Crippen LogP contribution >= 0.6 is 0 Å². The predicted molar refractivity (Wildman–Crippen MR) is 26.0 cm³/mol. The SMILES string of the molecule is C[I-][C@@H](C)C(C)(F)F. The van der Waals surface area contributed by atoms with Gasteiger partial charge in [0.2, 0.25) is 0 Å². The van der Waals surface area contributed by atoms with Crippen LogP contribution in [-0.4, -0.2) is 14.8 Å².